The van der Waals surface area contributed by atoms with E-state index >= 15 is 0 Å². The Kier molecular flexibility index (Phi) is 11.7. The number of aliphatic hydroxyl groups is 1. The summed E-state index contributed by atoms with van der Waals surface area (Å²) in [5.41, 5.74) is 0. The maximum absolute atomic E-state index is 12.2. The molecule has 0 radical (unpaired) electrons. The zero-order valence-corrected chi connectivity index (χ0v) is 20.7. The third-order valence-corrected chi connectivity index (χ3v) is 6.39. The van der Waals surface area contributed by atoms with Gasteiger partial charge in [-0.1, -0.05) is 24.3 Å². The van der Waals surface area contributed by atoms with E-state index in [1.54, 1.807) is 28.4 Å². The maximum Gasteiger partial charge on any atom is 0.236 e. The Balaban J connectivity index is 0.000000212. The molecule has 0 aromatic carbocycles. The third-order valence-electron chi connectivity index (χ3n) is 6.39. The van der Waals surface area contributed by atoms with E-state index in [0.29, 0.717) is 32.6 Å². The van der Waals surface area contributed by atoms with Crippen molar-refractivity contribution in [3.05, 3.63) is 24.3 Å². The summed E-state index contributed by atoms with van der Waals surface area (Å²) in [6.45, 7) is 1.27. The number of carbonyl (C=O) groups excluding carboxylic acids is 4. The fraction of sp³-hybridized carbons (Fsp3) is 0.667. The lowest BCUT2D eigenvalue weighted by molar-refractivity contribution is -0.141. The molecule has 2 fully saturated rings. The van der Waals surface area contributed by atoms with Crippen molar-refractivity contribution in [2.45, 2.75) is 25.0 Å². The van der Waals surface area contributed by atoms with Gasteiger partial charge < -0.3 is 24.1 Å². The molecule has 0 aromatic rings. The Labute approximate surface area is 205 Å². The number of methoxy groups -OCH3 is 4. The van der Waals surface area contributed by atoms with Crippen molar-refractivity contribution >= 4 is 23.6 Å². The molecule has 2 aliphatic heterocycles. The average molecular weight is 497 g/mol. The standard InChI is InChI=1S/C12H17NO4.C9H11NO3.C3H8O2/c1-16-7-6-13-11(14)8-4-3-5-9(17-2)10(8)12(13)15;1-13-6-4-2-3-5-7(6)9(12)10-8(5)11;1-5-3-2-4/h3,5,8-10H,4,6-7H2,1-2H3;2,4-7H,3H2,1H3,(H,10,11,12);4H,2-3H2,1H3. The topological polar surface area (TPSA) is 141 Å². The van der Waals surface area contributed by atoms with Gasteiger partial charge in [-0.3, -0.25) is 29.4 Å². The van der Waals surface area contributed by atoms with Gasteiger partial charge in [-0.2, -0.15) is 0 Å². The lowest BCUT2D eigenvalue weighted by atomic mass is 9.83. The maximum atomic E-state index is 12.2. The molecular weight excluding hydrogens is 460 g/mol. The van der Waals surface area contributed by atoms with E-state index < -0.39 is 0 Å². The highest BCUT2D eigenvalue weighted by molar-refractivity contribution is 6.06. The van der Waals surface area contributed by atoms with Crippen molar-refractivity contribution < 1.29 is 43.2 Å². The summed E-state index contributed by atoms with van der Waals surface area (Å²) in [6, 6.07) is 0. The second-order valence-corrected chi connectivity index (χ2v) is 8.38. The Morgan fingerprint density at radius 3 is 1.91 bits per heavy atom. The molecule has 11 heteroatoms. The predicted molar refractivity (Wildman–Crippen MR) is 124 cm³/mol. The first-order valence-corrected chi connectivity index (χ1v) is 11.5. The van der Waals surface area contributed by atoms with Crippen LogP contribution >= 0.6 is 0 Å². The smallest absolute Gasteiger partial charge is 0.236 e. The van der Waals surface area contributed by atoms with Gasteiger partial charge in [-0.25, -0.2) is 0 Å². The normalized spacial score (nSPS) is 30.7. The number of amides is 4. The van der Waals surface area contributed by atoms with Crippen LogP contribution in [0.15, 0.2) is 24.3 Å². The Morgan fingerprint density at radius 2 is 1.40 bits per heavy atom. The molecule has 6 atom stereocenters. The molecule has 6 unspecified atom stereocenters. The van der Waals surface area contributed by atoms with Crippen molar-refractivity contribution in [1.82, 2.24) is 10.2 Å². The summed E-state index contributed by atoms with van der Waals surface area (Å²) < 4.78 is 19.7. The SMILES string of the molecule is COC1C=CCC2C(=O)NC(=O)C12.COCCN1C(=O)C2CC=CC(OC)C2C1=O.COCCO. The van der Waals surface area contributed by atoms with Crippen molar-refractivity contribution in [1.29, 1.82) is 0 Å². The minimum absolute atomic E-state index is 0.0940. The van der Waals surface area contributed by atoms with Gasteiger partial charge in [-0.05, 0) is 12.8 Å². The number of carbonyl (C=O) groups is 4. The van der Waals surface area contributed by atoms with Crippen LogP contribution in [0.2, 0.25) is 0 Å². The van der Waals surface area contributed by atoms with Gasteiger partial charge >= 0.3 is 0 Å². The van der Waals surface area contributed by atoms with Crippen molar-refractivity contribution in [3.63, 3.8) is 0 Å². The molecule has 0 aromatic heterocycles. The van der Waals surface area contributed by atoms with Crippen molar-refractivity contribution in [3.8, 4) is 0 Å². The molecule has 196 valence electrons. The first kappa shape index (κ1) is 28.8. The molecule has 4 amide bonds. The third kappa shape index (κ3) is 6.83. The van der Waals surface area contributed by atoms with Crippen LogP contribution in [0.5, 0.6) is 0 Å². The van der Waals surface area contributed by atoms with Gasteiger partial charge in [0.15, 0.2) is 0 Å². The van der Waals surface area contributed by atoms with Gasteiger partial charge in [0.05, 0.1) is 62.2 Å². The number of aliphatic hydroxyl groups excluding tert-OH is 1. The van der Waals surface area contributed by atoms with E-state index in [9.17, 15) is 19.2 Å². The lowest BCUT2D eigenvalue weighted by Crippen LogP contribution is -2.36. The quantitative estimate of drug-likeness (QED) is 0.358. The molecule has 0 bridgehead atoms. The van der Waals surface area contributed by atoms with E-state index in [-0.39, 0.29) is 66.1 Å². The summed E-state index contributed by atoms with van der Waals surface area (Å²) in [7, 11) is 6.22. The molecule has 2 heterocycles. The number of hydrogen-bond donors (Lipinski definition) is 2. The number of imide groups is 2. The summed E-state index contributed by atoms with van der Waals surface area (Å²) in [5.74, 6) is -1.74. The number of ether oxygens (including phenoxy) is 4. The van der Waals surface area contributed by atoms with Crippen LogP contribution in [0.4, 0.5) is 0 Å². The largest absolute Gasteiger partial charge is 0.394 e. The lowest BCUT2D eigenvalue weighted by Gasteiger charge is -2.24. The molecular formula is C24H36N2O9. The number of nitrogens with zero attached hydrogens (tertiary/aromatic N) is 1. The molecule has 0 saturated carbocycles. The Hall–Kier alpha value is -2.44. The van der Waals surface area contributed by atoms with E-state index in [1.165, 1.54) is 4.90 Å². The number of allylic oxidation sites excluding steroid dienone is 2. The zero-order valence-electron chi connectivity index (χ0n) is 20.7. The Bertz CT molecular complexity index is 811. The van der Waals surface area contributed by atoms with Crippen LogP contribution in [-0.4, -0.2) is 101 Å². The van der Waals surface area contributed by atoms with E-state index in [2.05, 4.69) is 10.1 Å². The van der Waals surface area contributed by atoms with Crippen LogP contribution < -0.4 is 5.32 Å². The minimum atomic E-state index is -0.352. The first-order chi connectivity index (χ1) is 16.9. The monoisotopic (exact) mass is 496 g/mol. The Morgan fingerprint density at radius 1 is 0.829 bits per heavy atom. The van der Waals surface area contributed by atoms with Crippen LogP contribution in [0.3, 0.4) is 0 Å². The van der Waals surface area contributed by atoms with Crippen LogP contribution in [-0.2, 0) is 38.1 Å². The molecule has 2 saturated heterocycles. The summed E-state index contributed by atoms with van der Waals surface area (Å²) in [6.07, 6.45) is 8.27. The van der Waals surface area contributed by atoms with Crippen LogP contribution in [0, 0.1) is 23.7 Å². The van der Waals surface area contributed by atoms with Gasteiger partial charge in [0.1, 0.15) is 0 Å². The molecule has 0 spiro atoms. The number of likely N-dealkylation sites (tertiary alicyclic amines) is 1. The molecule has 4 rings (SSSR count). The first-order valence-electron chi connectivity index (χ1n) is 11.5. The van der Waals surface area contributed by atoms with E-state index in [0.717, 1.165) is 0 Å². The van der Waals surface area contributed by atoms with Gasteiger partial charge in [0, 0.05) is 28.4 Å². The number of hydrogen-bond acceptors (Lipinski definition) is 9. The fourth-order valence-electron chi connectivity index (χ4n) is 4.61. The molecule has 2 aliphatic carbocycles. The van der Waals surface area contributed by atoms with Gasteiger partial charge in [0.2, 0.25) is 23.6 Å². The van der Waals surface area contributed by atoms with E-state index in [1.807, 2.05) is 24.3 Å². The number of rotatable bonds is 7. The second-order valence-electron chi connectivity index (χ2n) is 8.38. The molecule has 35 heavy (non-hydrogen) atoms. The fourth-order valence-corrected chi connectivity index (χ4v) is 4.61. The predicted octanol–water partition coefficient (Wildman–Crippen LogP) is -0.316. The number of fused-ring (bicyclic) bond motifs is 2. The molecule has 11 nitrogen and oxygen atoms in total. The van der Waals surface area contributed by atoms with Crippen molar-refractivity contribution in [2.24, 2.45) is 23.7 Å². The summed E-state index contributed by atoms with van der Waals surface area (Å²) >= 11 is 0. The van der Waals surface area contributed by atoms with Crippen LogP contribution in [0.1, 0.15) is 12.8 Å². The highest BCUT2D eigenvalue weighted by atomic mass is 16.5. The molecule has 2 N–H and O–H groups in total. The second kappa shape index (κ2) is 14.2. The summed E-state index contributed by atoms with van der Waals surface area (Å²) in [4.78, 5) is 48.1. The van der Waals surface area contributed by atoms with E-state index in [4.69, 9.17) is 19.3 Å². The van der Waals surface area contributed by atoms with Gasteiger partial charge in [0.25, 0.3) is 0 Å². The highest BCUT2D eigenvalue weighted by Gasteiger charge is 2.51. The van der Waals surface area contributed by atoms with Crippen LogP contribution in [0.25, 0.3) is 0 Å². The van der Waals surface area contributed by atoms with Gasteiger partial charge in [-0.15, -0.1) is 0 Å². The summed E-state index contributed by atoms with van der Waals surface area (Å²) in [5, 5.41) is 10.3. The minimum Gasteiger partial charge on any atom is -0.394 e. The number of nitrogens with one attached hydrogen (secondary N) is 1. The van der Waals surface area contributed by atoms with Crippen molar-refractivity contribution in [2.75, 3.05) is 54.8 Å². The average Bonchev–Trinajstić information content (AvgIpc) is 3.30. The zero-order chi connectivity index (χ0) is 26.0. The highest BCUT2D eigenvalue weighted by Crippen LogP contribution is 2.36. The molecule has 4 aliphatic rings.